The summed E-state index contributed by atoms with van der Waals surface area (Å²) in [6.07, 6.45) is 14.1. The molecule has 4 unspecified atom stereocenters. The van der Waals surface area contributed by atoms with Crippen molar-refractivity contribution in [1.29, 1.82) is 0 Å². The van der Waals surface area contributed by atoms with Gasteiger partial charge in [-0.05, 0) is 42.7 Å². The first-order chi connectivity index (χ1) is 10.7. The number of rotatable bonds is 3. The molecule has 0 amide bonds. The average Bonchev–Trinajstić information content (AvgIpc) is 2.54. The van der Waals surface area contributed by atoms with Gasteiger partial charge in [0.05, 0.1) is 6.04 Å². The fourth-order valence-electron chi connectivity index (χ4n) is 3.63. The largest absolute Gasteiger partial charge is 0.338 e. The van der Waals surface area contributed by atoms with Crippen molar-refractivity contribution in [3.05, 3.63) is 66.4 Å². The van der Waals surface area contributed by atoms with Gasteiger partial charge in [0.15, 0.2) is 0 Å². The number of anilines is 1. The lowest BCUT2D eigenvalue weighted by Crippen LogP contribution is -2.41. The van der Waals surface area contributed by atoms with Crippen LogP contribution >= 0.6 is 0 Å². The zero-order valence-electron chi connectivity index (χ0n) is 13.9. The molecule has 1 aromatic rings. The molecule has 1 heteroatoms. The number of nitrogens with zero attached hydrogens (tertiary/aromatic N) is 1. The minimum atomic E-state index is 0.409. The number of hydrogen-bond donors (Lipinski definition) is 0. The van der Waals surface area contributed by atoms with Crippen LogP contribution in [0.3, 0.4) is 0 Å². The van der Waals surface area contributed by atoms with Gasteiger partial charge in [-0.3, -0.25) is 0 Å². The van der Waals surface area contributed by atoms with E-state index in [0.29, 0.717) is 23.8 Å². The second-order valence-electron chi connectivity index (χ2n) is 6.87. The standard InChI is InChI=1S/C21H27N/c1-16-13-14-18(3)21(15-16)22(19-10-5-4-6-11-19)20-12-8-7-9-17(20)2/h4-12,15-18,20H,13-14H2,1-3H3. The Kier molecular flexibility index (Phi) is 4.52. The molecule has 22 heavy (non-hydrogen) atoms. The third kappa shape index (κ3) is 3.04. The Morgan fingerprint density at radius 2 is 1.64 bits per heavy atom. The Hall–Kier alpha value is -1.76. The molecule has 4 atom stereocenters. The number of benzene rings is 1. The van der Waals surface area contributed by atoms with Gasteiger partial charge in [0.1, 0.15) is 0 Å². The molecule has 116 valence electrons. The van der Waals surface area contributed by atoms with Crippen LogP contribution in [-0.4, -0.2) is 6.04 Å². The van der Waals surface area contributed by atoms with E-state index in [1.807, 2.05) is 0 Å². The fraction of sp³-hybridized carbons (Fsp3) is 0.429. The molecule has 0 aliphatic heterocycles. The Morgan fingerprint density at radius 3 is 2.36 bits per heavy atom. The average molecular weight is 293 g/mol. The molecule has 0 heterocycles. The third-order valence-electron chi connectivity index (χ3n) is 5.00. The van der Waals surface area contributed by atoms with E-state index in [4.69, 9.17) is 0 Å². The zero-order valence-corrected chi connectivity index (χ0v) is 13.9. The van der Waals surface area contributed by atoms with Crippen LogP contribution < -0.4 is 4.90 Å². The Morgan fingerprint density at radius 1 is 0.909 bits per heavy atom. The van der Waals surface area contributed by atoms with Gasteiger partial charge in [-0.25, -0.2) is 0 Å². The van der Waals surface area contributed by atoms with Crippen molar-refractivity contribution in [2.24, 2.45) is 17.8 Å². The second kappa shape index (κ2) is 6.56. The molecular formula is C21H27N. The lowest BCUT2D eigenvalue weighted by atomic mass is 9.85. The van der Waals surface area contributed by atoms with Crippen LogP contribution in [0.4, 0.5) is 5.69 Å². The molecule has 0 bridgehead atoms. The molecule has 0 fully saturated rings. The summed E-state index contributed by atoms with van der Waals surface area (Å²) in [7, 11) is 0. The van der Waals surface area contributed by atoms with Gasteiger partial charge < -0.3 is 4.90 Å². The van der Waals surface area contributed by atoms with Gasteiger partial charge in [-0.1, -0.05) is 69.4 Å². The summed E-state index contributed by atoms with van der Waals surface area (Å²) in [5.41, 5.74) is 2.81. The number of hydrogen-bond acceptors (Lipinski definition) is 1. The molecule has 1 nitrogen and oxygen atoms in total. The maximum absolute atomic E-state index is 2.57. The van der Waals surface area contributed by atoms with Crippen molar-refractivity contribution in [3.63, 3.8) is 0 Å². The van der Waals surface area contributed by atoms with Crippen molar-refractivity contribution < 1.29 is 0 Å². The Bertz CT molecular complexity index is 581. The number of para-hydroxylation sites is 1. The van der Waals surface area contributed by atoms with Crippen LogP contribution in [0.5, 0.6) is 0 Å². The van der Waals surface area contributed by atoms with E-state index >= 15 is 0 Å². The predicted molar refractivity (Wildman–Crippen MR) is 95.8 cm³/mol. The minimum absolute atomic E-state index is 0.409. The van der Waals surface area contributed by atoms with Crippen LogP contribution in [-0.2, 0) is 0 Å². The topological polar surface area (TPSA) is 3.24 Å². The van der Waals surface area contributed by atoms with Crippen LogP contribution in [0.1, 0.15) is 33.6 Å². The molecule has 1 aromatic carbocycles. The summed E-state index contributed by atoms with van der Waals surface area (Å²) in [5.74, 6) is 1.83. The highest BCUT2D eigenvalue weighted by Crippen LogP contribution is 2.37. The van der Waals surface area contributed by atoms with Crippen molar-refractivity contribution in [1.82, 2.24) is 0 Å². The summed E-state index contributed by atoms with van der Waals surface area (Å²) >= 11 is 0. The summed E-state index contributed by atoms with van der Waals surface area (Å²) in [6, 6.07) is 11.3. The Labute approximate surface area is 135 Å². The highest BCUT2D eigenvalue weighted by atomic mass is 15.2. The van der Waals surface area contributed by atoms with Gasteiger partial charge in [-0.15, -0.1) is 0 Å². The molecular weight excluding hydrogens is 266 g/mol. The molecule has 0 N–H and O–H groups in total. The third-order valence-corrected chi connectivity index (χ3v) is 5.00. The molecule has 2 aliphatic carbocycles. The molecule has 0 saturated carbocycles. The van der Waals surface area contributed by atoms with E-state index in [1.54, 1.807) is 0 Å². The summed E-state index contributed by atoms with van der Waals surface area (Å²) in [4.78, 5) is 2.57. The van der Waals surface area contributed by atoms with Gasteiger partial charge in [0, 0.05) is 11.4 Å². The second-order valence-corrected chi connectivity index (χ2v) is 6.87. The minimum Gasteiger partial charge on any atom is -0.338 e. The summed E-state index contributed by atoms with van der Waals surface area (Å²) in [6.45, 7) is 7.04. The Balaban J connectivity index is 2.03. The van der Waals surface area contributed by atoms with E-state index in [9.17, 15) is 0 Å². The van der Waals surface area contributed by atoms with Crippen LogP contribution in [0.2, 0.25) is 0 Å². The molecule has 3 rings (SSSR count). The molecule has 0 saturated heterocycles. The van der Waals surface area contributed by atoms with Crippen molar-refractivity contribution in [2.75, 3.05) is 4.90 Å². The highest BCUT2D eigenvalue weighted by molar-refractivity contribution is 5.56. The maximum atomic E-state index is 2.57. The molecule has 2 aliphatic rings. The van der Waals surface area contributed by atoms with Crippen LogP contribution in [0.15, 0.2) is 66.4 Å². The van der Waals surface area contributed by atoms with E-state index in [2.05, 4.69) is 86.4 Å². The van der Waals surface area contributed by atoms with Crippen molar-refractivity contribution in [2.45, 2.75) is 39.7 Å². The van der Waals surface area contributed by atoms with E-state index < -0.39 is 0 Å². The number of allylic oxidation sites excluding steroid dienone is 4. The first-order valence-electron chi connectivity index (χ1n) is 8.58. The summed E-state index contributed by atoms with van der Waals surface area (Å²) < 4.78 is 0. The summed E-state index contributed by atoms with van der Waals surface area (Å²) in [5, 5.41) is 0. The van der Waals surface area contributed by atoms with Gasteiger partial charge in [0.2, 0.25) is 0 Å². The van der Waals surface area contributed by atoms with Gasteiger partial charge >= 0.3 is 0 Å². The van der Waals surface area contributed by atoms with E-state index in [-0.39, 0.29) is 0 Å². The van der Waals surface area contributed by atoms with Crippen LogP contribution in [0, 0.1) is 17.8 Å². The monoisotopic (exact) mass is 293 g/mol. The fourth-order valence-corrected chi connectivity index (χ4v) is 3.63. The van der Waals surface area contributed by atoms with Gasteiger partial charge in [0.25, 0.3) is 0 Å². The van der Waals surface area contributed by atoms with E-state index in [1.165, 1.54) is 24.2 Å². The van der Waals surface area contributed by atoms with Crippen LogP contribution in [0.25, 0.3) is 0 Å². The molecule has 0 spiro atoms. The first kappa shape index (κ1) is 15.1. The lowest BCUT2D eigenvalue weighted by molar-refractivity contribution is 0.450. The maximum Gasteiger partial charge on any atom is 0.0582 e. The predicted octanol–water partition coefficient (Wildman–Crippen LogP) is 5.57. The smallest absolute Gasteiger partial charge is 0.0582 e. The normalized spacial score (nSPS) is 31.0. The quantitative estimate of drug-likeness (QED) is 0.704. The lowest BCUT2D eigenvalue weighted by Gasteiger charge is -2.41. The SMILES string of the molecule is CC1C=C(N(c2ccccc2)C2C=CC=CC2C)C(C)CC1. The molecule has 0 radical (unpaired) electrons. The van der Waals surface area contributed by atoms with Crippen molar-refractivity contribution >= 4 is 5.69 Å². The molecule has 0 aromatic heterocycles. The zero-order chi connectivity index (χ0) is 15.5. The first-order valence-corrected chi connectivity index (χ1v) is 8.58. The highest BCUT2D eigenvalue weighted by Gasteiger charge is 2.29. The van der Waals surface area contributed by atoms with Crippen molar-refractivity contribution in [3.8, 4) is 0 Å². The van der Waals surface area contributed by atoms with Gasteiger partial charge in [-0.2, -0.15) is 0 Å². The van der Waals surface area contributed by atoms with E-state index in [0.717, 1.165) is 0 Å².